The Labute approximate surface area is 181 Å². The first-order valence-electron chi connectivity index (χ1n) is 10.8. The quantitative estimate of drug-likeness (QED) is 0.511. The fraction of sp³-hybridized carbons (Fsp3) is 0.292. The van der Waals surface area contributed by atoms with Crippen molar-refractivity contribution in [3.05, 3.63) is 61.1 Å². The number of nitrogens with one attached hydrogen (secondary N) is 1. The van der Waals surface area contributed by atoms with Gasteiger partial charge in [0.25, 0.3) is 0 Å². The molecule has 1 aliphatic heterocycles. The van der Waals surface area contributed by atoms with Crippen LogP contribution in [-0.2, 0) is 0 Å². The second kappa shape index (κ2) is 8.35. The topological polar surface area (TPSA) is 88.6 Å². The molecular weight excluding hydrogens is 386 g/mol. The fourth-order valence-corrected chi connectivity index (χ4v) is 4.25. The van der Waals surface area contributed by atoms with Gasteiger partial charge < -0.3 is 10.6 Å². The van der Waals surface area contributed by atoms with E-state index in [0.717, 1.165) is 66.1 Å². The molecule has 7 heteroatoms. The number of aromatic amines is 1. The second-order valence-electron chi connectivity index (χ2n) is 8.06. The van der Waals surface area contributed by atoms with Crippen LogP contribution in [0.1, 0.15) is 25.8 Å². The average molecular weight is 414 g/mol. The summed E-state index contributed by atoms with van der Waals surface area (Å²) in [5.74, 6) is 0.478. The van der Waals surface area contributed by atoms with Gasteiger partial charge in [0.15, 0.2) is 0 Å². The van der Waals surface area contributed by atoms with E-state index in [4.69, 9.17) is 5.73 Å². The van der Waals surface area contributed by atoms with Crippen molar-refractivity contribution in [1.82, 2.24) is 29.9 Å². The lowest BCUT2D eigenvalue weighted by Crippen LogP contribution is -2.34. The second-order valence-corrected chi connectivity index (χ2v) is 8.06. The van der Waals surface area contributed by atoms with E-state index in [1.54, 1.807) is 0 Å². The van der Waals surface area contributed by atoms with Crippen molar-refractivity contribution in [2.24, 2.45) is 0 Å². The highest BCUT2D eigenvalue weighted by molar-refractivity contribution is 5.79. The summed E-state index contributed by atoms with van der Waals surface area (Å²) in [5, 5.41) is 12.2. The van der Waals surface area contributed by atoms with Crippen molar-refractivity contribution in [3.63, 3.8) is 0 Å². The molecule has 31 heavy (non-hydrogen) atoms. The molecule has 158 valence electrons. The predicted octanol–water partition coefficient (Wildman–Crippen LogP) is 4.24. The lowest BCUT2D eigenvalue weighted by molar-refractivity contribution is 0.187. The molecule has 3 aromatic heterocycles. The molecule has 4 heterocycles. The largest absolute Gasteiger partial charge is 0.383 e. The highest BCUT2D eigenvalue weighted by Crippen LogP contribution is 2.31. The van der Waals surface area contributed by atoms with Gasteiger partial charge in [-0.3, -0.25) is 9.78 Å². The van der Waals surface area contributed by atoms with Crippen LogP contribution in [0.3, 0.4) is 0 Å². The number of nitrogens with zero attached hydrogens (tertiary/aromatic N) is 5. The standard InChI is InChI=1S/C24H27N7/c1-2-30-10-8-20(9-11-30)31-16-19(15-27-31)18-12-21(24(25)26-14-18)23-13-22(28-29-23)17-6-4-3-5-7-17/h3-7,12-16,20H,2,8-11H2,1H3,(H2,25,26)(H,28,29). The maximum atomic E-state index is 6.21. The van der Waals surface area contributed by atoms with Gasteiger partial charge in [0, 0.05) is 47.7 Å². The van der Waals surface area contributed by atoms with Gasteiger partial charge in [-0.25, -0.2) is 4.98 Å². The highest BCUT2D eigenvalue weighted by atomic mass is 15.3. The molecule has 3 N–H and O–H groups in total. The average Bonchev–Trinajstić information content (AvgIpc) is 3.51. The number of hydrogen-bond acceptors (Lipinski definition) is 5. The summed E-state index contributed by atoms with van der Waals surface area (Å²) in [4.78, 5) is 6.93. The normalized spacial score (nSPS) is 15.4. The zero-order valence-corrected chi connectivity index (χ0v) is 17.7. The van der Waals surface area contributed by atoms with Crippen molar-refractivity contribution in [2.45, 2.75) is 25.8 Å². The molecule has 1 saturated heterocycles. The monoisotopic (exact) mass is 413 g/mol. The smallest absolute Gasteiger partial charge is 0.132 e. The minimum atomic E-state index is 0.457. The minimum Gasteiger partial charge on any atom is -0.383 e. The van der Waals surface area contributed by atoms with Crippen molar-refractivity contribution < 1.29 is 0 Å². The van der Waals surface area contributed by atoms with Crippen LogP contribution in [0.4, 0.5) is 5.82 Å². The van der Waals surface area contributed by atoms with Crippen LogP contribution in [0.2, 0.25) is 0 Å². The van der Waals surface area contributed by atoms with E-state index in [9.17, 15) is 0 Å². The van der Waals surface area contributed by atoms with Gasteiger partial charge in [0.05, 0.1) is 23.6 Å². The van der Waals surface area contributed by atoms with Crippen molar-refractivity contribution in [2.75, 3.05) is 25.4 Å². The Morgan fingerprint density at radius 3 is 2.61 bits per heavy atom. The molecule has 0 spiro atoms. The van der Waals surface area contributed by atoms with Gasteiger partial charge >= 0.3 is 0 Å². The number of anilines is 1. The molecule has 4 aromatic rings. The highest BCUT2D eigenvalue weighted by Gasteiger charge is 2.20. The Morgan fingerprint density at radius 2 is 1.84 bits per heavy atom. The molecular formula is C24H27N7. The van der Waals surface area contributed by atoms with E-state index < -0.39 is 0 Å². The number of benzene rings is 1. The van der Waals surface area contributed by atoms with Crippen LogP contribution in [0.25, 0.3) is 33.6 Å². The Balaban J connectivity index is 1.40. The number of nitrogen functional groups attached to an aromatic ring is 1. The molecule has 0 radical (unpaired) electrons. The van der Waals surface area contributed by atoms with E-state index in [1.165, 1.54) is 0 Å². The number of H-pyrrole nitrogens is 1. The van der Waals surface area contributed by atoms with Crippen LogP contribution in [0, 0.1) is 0 Å². The Morgan fingerprint density at radius 1 is 1.03 bits per heavy atom. The SMILES string of the molecule is CCN1CCC(n2cc(-c3cnc(N)c(-c4cc(-c5ccccc5)n[nH]4)c3)cn2)CC1. The summed E-state index contributed by atoms with van der Waals surface area (Å²) >= 11 is 0. The molecule has 0 bridgehead atoms. The van der Waals surface area contributed by atoms with Crippen LogP contribution in [0.5, 0.6) is 0 Å². The number of nitrogens with two attached hydrogens (primary N) is 1. The molecule has 0 aliphatic carbocycles. The van der Waals surface area contributed by atoms with Crippen molar-refractivity contribution in [1.29, 1.82) is 0 Å². The van der Waals surface area contributed by atoms with Crippen LogP contribution in [0.15, 0.2) is 61.1 Å². The predicted molar refractivity (Wildman–Crippen MR) is 123 cm³/mol. The molecule has 0 unspecified atom stereocenters. The molecule has 0 saturated carbocycles. The van der Waals surface area contributed by atoms with Gasteiger partial charge in [-0.1, -0.05) is 37.3 Å². The van der Waals surface area contributed by atoms with Crippen LogP contribution in [-0.4, -0.2) is 49.5 Å². The third kappa shape index (κ3) is 3.96. The van der Waals surface area contributed by atoms with E-state index in [0.29, 0.717) is 11.9 Å². The van der Waals surface area contributed by atoms with Crippen molar-refractivity contribution in [3.8, 4) is 33.6 Å². The lowest BCUT2D eigenvalue weighted by Gasteiger charge is -2.31. The number of piperidine rings is 1. The molecule has 0 amide bonds. The number of rotatable bonds is 5. The molecule has 0 atom stereocenters. The first-order valence-corrected chi connectivity index (χ1v) is 10.8. The van der Waals surface area contributed by atoms with E-state index in [2.05, 4.69) is 49.0 Å². The van der Waals surface area contributed by atoms with Gasteiger partial charge in [0.1, 0.15) is 5.82 Å². The van der Waals surface area contributed by atoms with Gasteiger partial charge in [-0.05, 0) is 31.5 Å². The summed E-state index contributed by atoms with van der Waals surface area (Å²) < 4.78 is 2.11. The Kier molecular flexibility index (Phi) is 5.26. The van der Waals surface area contributed by atoms with Crippen molar-refractivity contribution >= 4 is 5.82 Å². The van der Waals surface area contributed by atoms with Gasteiger partial charge in [0.2, 0.25) is 0 Å². The maximum Gasteiger partial charge on any atom is 0.132 e. The first kappa shape index (κ1) is 19.5. The van der Waals surface area contributed by atoms with E-state index in [-0.39, 0.29) is 0 Å². The minimum absolute atomic E-state index is 0.457. The zero-order chi connectivity index (χ0) is 21.2. The number of likely N-dealkylation sites (tertiary alicyclic amines) is 1. The maximum absolute atomic E-state index is 6.21. The number of hydrogen-bond donors (Lipinski definition) is 2. The first-order chi connectivity index (χ1) is 15.2. The fourth-order valence-electron chi connectivity index (χ4n) is 4.25. The van der Waals surface area contributed by atoms with E-state index in [1.807, 2.05) is 48.8 Å². The van der Waals surface area contributed by atoms with E-state index >= 15 is 0 Å². The summed E-state index contributed by atoms with van der Waals surface area (Å²) in [5.41, 5.74) is 11.9. The van der Waals surface area contributed by atoms with Gasteiger partial charge in [-0.15, -0.1) is 0 Å². The molecule has 7 nitrogen and oxygen atoms in total. The Bertz CT molecular complexity index is 1150. The van der Waals surface area contributed by atoms with Crippen LogP contribution >= 0.6 is 0 Å². The Hall–Kier alpha value is -3.45. The summed E-state index contributed by atoms with van der Waals surface area (Å²) in [6.45, 7) is 5.61. The molecule has 1 aliphatic rings. The summed E-state index contributed by atoms with van der Waals surface area (Å²) in [6.07, 6.45) is 8.14. The summed E-state index contributed by atoms with van der Waals surface area (Å²) in [7, 11) is 0. The van der Waals surface area contributed by atoms with Gasteiger partial charge in [-0.2, -0.15) is 10.2 Å². The third-order valence-electron chi connectivity index (χ3n) is 6.17. The molecule has 5 rings (SSSR count). The van der Waals surface area contributed by atoms with Crippen LogP contribution < -0.4 is 5.73 Å². The lowest BCUT2D eigenvalue weighted by atomic mass is 10.0. The molecule has 1 aromatic carbocycles. The number of aromatic nitrogens is 5. The summed E-state index contributed by atoms with van der Waals surface area (Å²) in [6, 6.07) is 14.6. The molecule has 1 fully saturated rings. The third-order valence-corrected chi connectivity index (χ3v) is 6.17. The zero-order valence-electron chi connectivity index (χ0n) is 17.7. The number of pyridine rings is 1.